The molecule has 2 aliphatic heterocycles. The standard InChI is InChI=1S/C13H14IN3O3/c14-20-12(19)17-7-5-13(6-8-17)11(18)15-9-3-1-2-4-10(9)16-13/h1-4,16H,5-8H2,(H,15,18). The molecule has 0 saturated carbocycles. The van der Waals surface area contributed by atoms with Gasteiger partial charge in [0.15, 0.2) is 23.0 Å². The van der Waals surface area contributed by atoms with E-state index in [1.54, 1.807) is 27.9 Å². The molecule has 1 fully saturated rings. The summed E-state index contributed by atoms with van der Waals surface area (Å²) in [5.74, 6) is -0.0290. The van der Waals surface area contributed by atoms with Crippen LogP contribution < -0.4 is 10.6 Å². The first-order valence-corrected chi connectivity index (χ1v) is 7.29. The second-order valence-corrected chi connectivity index (χ2v) is 5.48. The second-order valence-electron chi connectivity index (χ2n) is 5.04. The molecule has 106 valence electrons. The summed E-state index contributed by atoms with van der Waals surface area (Å²) in [4.78, 5) is 25.5. The number of carbonyl (C=O) groups excluding carboxylic acids is 2. The van der Waals surface area contributed by atoms with Crippen LogP contribution in [-0.2, 0) is 7.86 Å². The Labute approximate surface area is 130 Å². The highest BCUT2D eigenvalue weighted by molar-refractivity contribution is 14.1. The molecule has 0 aliphatic carbocycles. The third-order valence-corrected chi connectivity index (χ3v) is 4.30. The number of hydrogen-bond acceptors (Lipinski definition) is 4. The maximum absolute atomic E-state index is 12.4. The highest BCUT2D eigenvalue weighted by Crippen LogP contribution is 2.36. The van der Waals surface area contributed by atoms with Gasteiger partial charge in [-0.1, -0.05) is 12.1 Å². The summed E-state index contributed by atoms with van der Waals surface area (Å²) in [6.07, 6.45) is 0.787. The maximum atomic E-state index is 12.4. The lowest BCUT2D eigenvalue weighted by Crippen LogP contribution is -2.58. The summed E-state index contributed by atoms with van der Waals surface area (Å²) < 4.78 is 4.68. The average Bonchev–Trinajstić information content (AvgIpc) is 2.48. The van der Waals surface area contributed by atoms with E-state index in [0.29, 0.717) is 25.9 Å². The Hall–Kier alpha value is -1.51. The van der Waals surface area contributed by atoms with E-state index in [4.69, 9.17) is 0 Å². The summed E-state index contributed by atoms with van der Waals surface area (Å²) in [5.41, 5.74) is 1.10. The Morgan fingerprint density at radius 3 is 2.55 bits per heavy atom. The molecule has 1 aromatic rings. The summed E-state index contributed by atoms with van der Waals surface area (Å²) in [6.45, 7) is 1.01. The first-order chi connectivity index (χ1) is 9.64. The lowest BCUT2D eigenvalue weighted by molar-refractivity contribution is -0.122. The highest BCUT2D eigenvalue weighted by Gasteiger charge is 2.45. The van der Waals surface area contributed by atoms with Crippen LogP contribution >= 0.6 is 23.0 Å². The molecule has 0 bridgehead atoms. The SMILES string of the molecule is O=C(OI)N1CCC2(CC1)Nc1ccccc1NC2=O. The topological polar surface area (TPSA) is 70.7 Å². The van der Waals surface area contributed by atoms with Gasteiger partial charge >= 0.3 is 6.09 Å². The van der Waals surface area contributed by atoms with Crippen molar-refractivity contribution in [3.05, 3.63) is 24.3 Å². The van der Waals surface area contributed by atoms with Crippen molar-refractivity contribution in [1.82, 2.24) is 4.90 Å². The number of rotatable bonds is 0. The van der Waals surface area contributed by atoms with Gasteiger partial charge in [0, 0.05) is 13.1 Å². The average molecular weight is 387 g/mol. The number of amides is 2. The zero-order valence-electron chi connectivity index (χ0n) is 10.7. The second kappa shape index (κ2) is 5.12. The number of nitrogens with zero attached hydrogens (tertiary/aromatic N) is 1. The molecule has 1 spiro atoms. The van der Waals surface area contributed by atoms with Gasteiger partial charge in [0.2, 0.25) is 5.91 Å². The van der Waals surface area contributed by atoms with E-state index in [-0.39, 0.29) is 12.0 Å². The molecule has 6 nitrogen and oxygen atoms in total. The van der Waals surface area contributed by atoms with E-state index in [9.17, 15) is 9.59 Å². The van der Waals surface area contributed by atoms with Crippen molar-refractivity contribution in [2.24, 2.45) is 0 Å². The number of hydrogen-bond donors (Lipinski definition) is 2. The molecule has 3 rings (SSSR count). The van der Waals surface area contributed by atoms with Crippen molar-refractivity contribution < 1.29 is 12.7 Å². The first-order valence-electron chi connectivity index (χ1n) is 6.41. The van der Waals surface area contributed by atoms with Crippen LogP contribution in [0.3, 0.4) is 0 Å². The molecule has 20 heavy (non-hydrogen) atoms. The van der Waals surface area contributed by atoms with E-state index < -0.39 is 5.54 Å². The van der Waals surface area contributed by atoms with E-state index in [1.807, 2.05) is 24.3 Å². The van der Waals surface area contributed by atoms with Crippen LogP contribution in [0, 0.1) is 0 Å². The molecule has 0 atom stereocenters. The van der Waals surface area contributed by atoms with Crippen LogP contribution in [-0.4, -0.2) is 35.5 Å². The summed E-state index contributed by atoms with van der Waals surface area (Å²) in [7, 11) is 0. The van der Waals surface area contributed by atoms with Crippen LogP contribution in [0.15, 0.2) is 24.3 Å². The molecule has 7 heteroatoms. The van der Waals surface area contributed by atoms with Crippen LogP contribution in [0.4, 0.5) is 16.2 Å². The van der Waals surface area contributed by atoms with Gasteiger partial charge in [-0.25, -0.2) is 4.79 Å². The van der Waals surface area contributed by atoms with Crippen LogP contribution in [0.1, 0.15) is 12.8 Å². The van der Waals surface area contributed by atoms with Gasteiger partial charge in [0.05, 0.1) is 11.4 Å². The van der Waals surface area contributed by atoms with E-state index in [1.165, 1.54) is 0 Å². The molecular formula is C13H14IN3O3. The smallest absolute Gasteiger partial charge is 0.378 e. The maximum Gasteiger partial charge on any atom is 0.419 e. The van der Waals surface area contributed by atoms with Gasteiger partial charge < -0.3 is 18.6 Å². The number of piperidine rings is 1. The number of para-hydroxylation sites is 2. The number of nitrogens with one attached hydrogen (secondary N) is 2. The Balaban J connectivity index is 1.78. The highest BCUT2D eigenvalue weighted by atomic mass is 127. The normalized spacial score (nSPS) is 19.9. The fraction of sp³-hybridized carbons (Fsp3) is 0.385. The van der Waals surface area contributed by atoms with Gasteiger partial charge in [0.1, 0.15) is 5.54 Å². The number of likely N-dealkylation sites (tertiary alicyclic amines) is 1. The minimum atomic E-state index is -0.629. The third-order valence-electron chi connectivity index (χ3n) is 3.93. The minimum absolute atomic E-state index is 0.0290. The predicted molar refractivity (Wildman–Crippen MR) is 82.7 cm³/mol. The molecule has 2 N–H and O–H groups in total. The molecule has 1 aromatic carbocycles. The van der Waals surface area contributed by atoms with Crippen LogP contribution in [0.25, 0.3) is 0 Å². The Bertz CT molecular complexity index is 556. The van der Waals surface area contributed by atoms with Crippen molar-refractivity contribution in [1.29, 1.82) is 0 Å². The lowest BCUT2D eigenvalue weighted by Gasteiger charge is -2.43. The van der Waals surface area contributed by atoms with Crippen molar-refractivity contribution in [3.63, 3.8) is 0 Å². The van der Waals surface area contributed by atoms with Gasteiger partial charge in [0.25, 0.3) is 0 Å². The molecule has 0 radical (unpaired) electrons. The zero-order chi connectivity index (χ0) is 14.2. The number of halogens is 1. The Kier molecular flexibility index (Phi) is 3.45. The summed E-state index contributed by atoms with van der Waals surface area (Å²) in [5, 5.41) is 6.29. The number of anilines is 2. The van der Waals surface area contributed by atoms with Gasteiger partial charge in [-0.05, 0) is 25.0 Å². The van der Waals surface area contributed by atoms with Crippen LogP contribution in [0.2, 0.25) is 0 Å². The largest absolute Gasteiger partial charge is 0.419 e. The van der Waals surface area contributed by atoms with Gasteiger partial charge in [-0.15, -0.1) is 0 Å². The predicted octanol–water partition coefficient (Wildman–Crippen LogP) is 2.37. The number of benzene rings is 1. The summed E-state index contributed by atoms with van der Waals surface area (Å²) >= 11 is 1.58. The number of fused-ring (bicyclic) bond motifs is 1. The molecular weight excluding hydrogens is 373 g/mol. The fourth-order valence-electron chi connectivity index (χ4n) is 2.73. The quantitative estimate of drug-likeness (QED) is 0.671. The molecule has 0 aromatic heterocycles. The van der Waals surface area contributed by atoms with E-state index >= 15 is 0 Å². The van der Waals surface area contributed by atoms with Gasteiger partial charge in [-0.2, -0.15) is 0 Å². The van der Waals surface area contributed by atoms with Crippen molar-refractivity contribution in [2.45, 2.75) is 18.4 Å². The van der Waals surface area contributed by atoms with Crippen molar-refractivity contribution in [3.8, 4) is 0 Å². The Morgan fingerprint density at radius 2 is 1.90 bits per heavy atom. The first kappa shape index (κ1) is 13.5. The minimum Gasteiger partial charge on any atom is -0.378 e. The van der Waals surface area contributed by atoms with E-state index in [0.717, 1.165) is 11.4 Å². The third kappa shape index (κ3) is 2.19. The lowest BCUT2D eigenvalue weighted by atomic mass is 9.84. The van der Waals surface area contributed by atoms with Crippen molar-refractivity contribution in [2.75, 3.05) is 23.7 Å². The molecule has 1 saturated heterocycles. The molecule has 2 amide bonds. The fourth-order valence-corrected chi connectivity index (χ4v) is 3.01. The monoisotopic (exact) mass is 387 g/mol. The summed E-state index contributed by atoms with van der Waals surface area (Å²) in [6, 6.07) is 7.63. The molecule has 2 heterocycles. The molecule has 2 aliphatic rings. The van der Waals surface area contributed by atoms with Crippen LogP contribution in [0.5, 0.6) is 0 Å². The van der Waals surface area contributed by atoms with E-state index in [2.05, 4.69) is 13.7 Å². The molecule has 0 unspecified atom stereocenters. The number of carbonyl (C=O) groups is 2. The Morgan fingerprint density at radius 1 is 1.25 bits per heavy atom. The zero-order valence-corrected chi connectivity index (χ0v) is 12.8. The van der Waals surface area contributed by atoms with Crippen molar-refractivity contribution >= 4 is 46.4 Å². The van der Waals surface area contributed by atoms with Gasteiger partial charge in [-0.3, -0.25) is 4.79 Å².